The topological polar surface area (TPSA) is 28.3 Å². The fourth-order valence-corrected chi connectivity index (χ4v) is 9.02. The van der Waals surface area contributed by atoms with Gasteiger partial charge in [0.15, 0.2) is 0 Å². The highest BCUT2D eigenvalue weighted by Gasteiger charge is 2.40. The molecule has 0 spiro atoms. The van der Waals surface area contributed by atoms with Crippen LogP contribution < -0.4 is 25.9 Å². The Balaban J connectivity index is 1.07. The van der Waals surface area contributed by atoms with Crippen molar-refractivity contribution in [2.75, 3.05) is 0 Å². The lowest BCUT2D eigenvalue weighted by Gasteiger charge is -2.33. The second-order valence-electron chi connectivity index (χ2n) is 14.0. The number of para-hydroxylation sites is 6. The summed E-state index contributed by atoms with van der Waals surface area (Å²) < 4.78 is 18.2. The van der Waals surface area contributed by atoms with Gasteiger partial charge in [0.05, 0.1) is 27.8 Å². The molecule has 2 aromatic heterocycles. The number of fused-ring (bicyclic) bond motifs is 10. The van der Waals surface area contributed by atoms with E-state index in [9.17, 15) is 0 Å². The fraction of sp³-hybridized carbons (Fsp3) is 0. The van der Waals surface area contributed by atoms with Gasteiger partial charge in [0, 0.05) is 38.3 Å². The van der Waals surface area contributed by atoms with E-state index < -0.39 is 0 Å². The number of hydrogen-bond acceptors (Lipinski definition) is 2. The van der Waals surface area contributed by atoms with Gasteiger partial charge in [-0.2, -0.15) is 0 Å². The molecule has 12 rings (SSSR count). The summed E-state index contributed by atoms with van der Waals surface area (Å²) >= 11 is 0. The van der Waals surface area contributed by atoms with Crippen LogP contribution in [0, 0.1) is 0 Å². The fourth-order valence-electron chi connectivity index (χ4n) is 9.02. The van der Waals surface area contributed by atoms with Crippen LogP contribution in [0.4, 0.5) is 0 Å². The van der Waals surface area contributed by atoms with Gasteiger partial charge in [-0.25, -0.2) is 0 Å². The summed E-state index contributed by atoms with van der Waals surface area (Å²) in [6, 6.07) is 62.9. The van der Waals surface area contributed by atoms with Gasteiger partial charge in [-0.3, -0.25) is 0 Å². The Bertz CT molecular complexity index is 3030. The summed E-state index contributed by atoms with van der Waals surface area (Å²) in [5.74, 6) is 3.45. The molecule has 5 heteroatoms. The molecule has 0 bridgehead atoms. The van der Waals surface area contributed by atoms with Gasteiger partial charge >= 0.3 is 0 Å². The van der Waals surface area contributed by atoms with Crippen molar-refractivity contribution >= 4 is 66.7 Å². The second-order valence-corrected chi connectivity index (χ2v) is 14.0. The van der Waals surface area contributed by atoms with Crippen LogP contribution in [0.1, 0.15) is 0 Å². The van der Waals surface area contributed by atoms with Crippen LogP contribution in [0.15, 0.2) is 176 Å². The molecule has 4 heterocycles. The summed E-state index contributed by atoms with van der Waals surface area (Å²) in [5, 5.41) is 4.94. The summed E-state index contributed by atoms with van der Waals surface area (Å²) in [7, 11) is 0. The van der Waals surface area contributed by atoms with Crippen molar-refractivity contribution in [1.29, 1.82) is 0 Å². The van der Waals surface area contributed by atoms with Crippen LogP contribution in [0.2, 0.25) is 0 Å². The van der Waals surface area contributed by atoms with Crippen molar-refractivity contribution in [3.8, 4) is 45.5 Å². The van der Waals surface area contributed by atoms with Crippen LogP contribution in [-0.2, 0) is 0 Å². The molecule has 246 valence electrons. The first kappa shape index (κ1) is 28.7. The maximum atomic E-state index is 6.69. The number of benzene rings is 8. The largest absolute Gasteiger partial charge is 0.458 e. The maximum absolute atomic E-state index is 6.69. The third kappa shape index (κ3) is 4.02. The Kier molecular flexibility index (Phi) is 5.83. The average Bonchev–Trinajstić information content (AvgIpc) is 3.73. The smallest absolute Gasteiger partial charge is 0.260 e. The number of hydrogen-bond donors (Lipinski definition) is 0. The van der Waals surface area contributed by atoms with Gasteiger partial charge in [0.1, 0.15) is 23.0 Å². The monoisotopic (exact) mass is 676 g/mol. The van der Waals surface area contributed by atoms with E-state index in [0.717, 1.165) is 72.9 Å². The minimum absolute atomic E-state index is 0.0419. The molecule has 0 amide bonds. The minimum Gasteiger partial charge on any atom is -0.458 e. The average molecular weight is 677 g/mol. The highest BCUT2D eigenvalue weighted by molar-refractivity contribution is 6.98. The molecular weight excluding hydrogens is 647 g/mol. The van der Waals surface area contributed by atoms with E-state index in [2.05, 4.69) is 173 Å². The first-order valence-electron chi connectivity index (χ1n) is 18.1. The van der Waals surface area contributed by atoms with Crippen LogP contribution in [-0.4, -0.2) is 15.8 Å². The SMILES string of the molecule is c1ccc2c(c1)Oc1cc(-c3ccccc3-n3c4ccccc4c4cc(-n5c6ccccc6c6ccccc65)ccc43)cc3c1B2c1ccccc1O3. The summed E-state index contributed by atoms with van der Waals surface area (Å²) in [6.45, 7) is 0.0419. The van der Waals surface area contributed by atoms with Crippen molar-refractivity contribution in [1.82, 2.24) is 9.13 Å². The Morgan fingerprint density at radius 3 is 1.51 bits per heavy atom. The normalized spacial score (nSPS) is 12.8. The van der Waals surface area contributed by atoms with E-state index in [4.69, 9.17) is 9.47 Å². The first-order chi connectivity index (χ1) is 26.3. The van der Waals surface area contributed by atoms with E-state index in [-0.39, 0.29) is 6.71 Å². The maximum Gasteiger partial charge on any atom is 0.260 e. The standard InChI is InChI=1S/C48H29BN2O2/c1-7-19-39(32(13-1)30-27-46-48-47(28-30)53-45-24-12-6-18-38(45)49(48)37-17-5-11-23-44(37)52-46)51-42-22-10-4-16-35(42)36-29-31(25-26-43(36)51)50-40-20-8-2-14-33(40)34-15-3-9-21-41(34)50/h1-29H. The van der Waals surface area contributed by atoms with Crippen LogP contribution in [0.3, 0.4) is 0 Å². The second kappa shape index (κ2) is 10.8. The van der Waals surface area contributed by atoms with Gasteiger partial charge < -0.3 is 18.6 Å². The van der Waals surface area contributed by atoms with Crippen LogP contribution in [0.25, 0.3) is 66.1 Å². The van der Waals surface area contributed by atoms with E-state index >= 15 is 0 Å². The highest BCUT2D eigenvalue weighted by Crippen LogP contribution is 2.42. The predicted molar refractivity (Wildman–Crippen MR) is 218 cm³/mol. The Morgan fingerprint density at radius 2 is 0.868 bits per heavy atom. The molecule has 0 unspecified atom stereocenters. The molecule has 0 atom stereocenters. The number of ether oxygens (including phenoxy) is 2. The molecule has 10 aromatic rings. The van der Waals surface area contributed by atoms with E-state index in [1.165, 1.54) is 32.6 Å². The molecule has 0 aliphatic carbocycles. The van der Waals surface area contributed by atoms with Crippen molar-refractivity contribution in [3.63, 3.8) is 0 Å². The highest BCUT2D eigenvalue weighted by atomic mass is 16.5. The lowest BCUT2D eigenvalue weighted by atomic mass is 9.35. The quantitative estimate of drug-likeness (QED) is 0.174. The first-order valence-corrected chi connectivity index (χ1v) is 18.1. The predicted octanol–water partition coefficient (Wildman–Crippen LogP) is 10.3. The molecular formula is C48H29BN2O2. The zero-order valence-corrected chi connectivity index (χ0v) is 28.5. The van der Waals surface area contributed by atoms with E-state index in [0.29, 0.717) is 0 Å². The Hall–Kier alpha value is -6.98. The van der Waals surface area contributed by atoms with Crippen LogP contribution in [0.5, 0.6) is 23.0 Å². The van der Waals surface area contributed by atoms with Gasteiger partial charge in [-0.15, -0.1) is 0 Å². The lowest BCUT2D eigenvalue weighted by molar-refractivity contribution is 0.465. The lowest BCUT2D eigenvalue weighted by Crippen LogP contribution is -2.57. The van der Waals surface area contributed by atoms with Crippen molar-refractivity contribution in [2.45, 2.75) is 0 Å². The third-order valence-electron chi connectivity index (χ3n) is 11.2. The molecule has 2 aliphatic heterocycles. The number of aromatic nitrogens is 2. The molecule has 0 fully saturated rings. The van der Waals surface area contributed by atoms with Gasteiger partial charge in [0.25, 0.3) is 6.71 Å². The van der Waals surface area contributed by atoms with Gasteiger partial charge in [-0.1, -0.05) is 109 Å². The van der Waals surface area contributed by atoms with Crippen molar-refractivity contribution in [3.05, 3.63) is 176 Å². The molecule has 4 nitrogen and oxygen atoms in total. The zero-order valence-electron chi connectivity index (χ0n) is 28.5. The summed E-state index contributed by atoms with van der Waals surface area (Å²) in [4.78, 5) is 0. The van der Waals surface area contributed by atoms with E-state index in [1.54, 1.807) is 0 Å². The molecule has 53 heavy (non-hydrogen) atoms. The molecule has 0 radical (unpaired) electrons. The zero-order chi connectivity index (χ0) is 34.6. The number of nitrogens with zero attached hydrogens (tertiary/aromatic N) is 2. The minimum atomic E-state index is 0.0419. The molecule has 0 saturated heterocycles. The molecule has 8 aromatic carbocycles. The number of rotatable bonds is 3. The molecule has 2 aliphatic rings. The van der Waals surface area contributed by atoms with Gasteiger partial charge in [0.2, 0.25) is 0 Å². The van der Waals surface area contributed by atoms with E-state index in [1.807, 2.05) is 12.1 Å². The van der Waals surface area contributed by atoms with Gasteiger partial charge in [-0.05, 0) is 83.2 Å². The third-order valence-corrected chi connectivity index (χ3v) is 11.2. The summed E-state index contributed by atoms with van der Waals surface area (Å²) in [5.41, 5.74) is 12.5. The molecule has 0 N–H and O–H groups in total. The van der Waals surface area contributed by atoms with Crippen molar-refractivity contribution in [2.24, 2.45) is 0 Å². The van der Waals surface area contributed by atoms with Crippen LogP contribution >= 0.6 is 0 Å². The summed E-state index contributed by atoms with van der Waals surface area (Å²) in [6.07, 6.45) is 0. The Labute approximate surface area is 305 Å². The molecule has 0 saturated carbocycles. The Morgan fingerprint density at radius 1 is 0.377 bits per heavy atom. The van der Waals surface area contributed by atoms with Crippen molar-refractivity contribution < 1.29 is 9.47 Å².